The standard InChI is InChI=1S/C13H14N4O4/c1-8(7-14)5-11(12(15)18)16-13(19)9-3-2-4-10(6-9)17(20)21/h2-4,6,8,11H,5H2,1H3,(H2,15,18)(H,16,19)/t8-,11+/m1/s1. The molecule has 2 atom stereocenters. The third-order valence-electron chi connectivity index (χ3n) is 2.78. The number of nitrogens with two attached hydrogens (primary N) is 1. The van der Waals surface area contributed by atoms with Gasteiger partial charge in [-0.1, -0.05) is 6.07 Å². The number of primary amides is 1. The Hall–Kier alpha value is -2.95. The Kier molecular flexibility index (Phi) is 5.37. The monoisotopic (exact) mass is 290 g/mol. The lowest BCUT2D eigenvalue weighted by Gasteiger charge is -2.16. The summed E-state index contributed by atoms with van der Waals surface area (Å²) in [6.45, 7) is 1.59. The molecule has 0 aromatic heterocycles. The van der Waals surface area contributed by atoms with Gasteiger partial charge in [0.2, 0.25) is 5.91 Å². The van der Waals surface area contributed by atoms with E-state index in [4.69, 9.17) is 11.0 Å². The van der Waals surface area contributed by atoms with Crippen molar-refractivity contribution in [1.82, 2.24) is 5.32 Å². The third kappa shape index (κ3) is 4.58. The topological polar surface area (TPSA) is 139 Å². The van der Waals surface area contributed by atoms with Crippen molar-refractivity contribution >= 4 is 17.5 Å². The molecule has 0 fully saturated rings. The summed E-state index contributed by atoms with van der Waals surface area (Å²) in [5.74, 6) is -1.89. The second-order valence-electron chi connectivity index (χ2n) is 4.50. The Bertz CT molecular complexity index is 608. The van der Waals surface area contributed by atoms with Crippen LogP contribution in [0.5, 0.6) is 0 Å². The first-order chi connectivity index (χ1) is 9.85. The summed E-state index contributed by atoms with van der Waals surface area (Å²) in [7, 11) is 0. The van der Waals surface area contributed by atoms with E-state index in [0.29, 0.717) is 0 Å². The number of non-ortho nitro benzene ring substituents is 1. The number of carbonyl (C=O) groups excluding carboxylic acids is 2. The van der Waals surface area contributed by atoms with Gasteiger partial charge in [-0.3, -0.25) is 19.7 Å². The maximum Gasteiger partial charge on any atom is 0.270 e. The van der Waals surface area contributed by atoms with E-state index in [1.807, 2.05) is 6.07 Å². The number of carbonyl (C=O) groups is 2. The average molecular weight is 290 g/mol. The molecule has 1 rings (SSSR count). The van der Waals surface area contributed by atoms with E-state index in [1.165, 1.54) is 18.2 Å². The molecule has 110 valence electrons. The fourth-order valence-corrected chi connectivity index (χ4v) is 1.65. The van der Waals surface area contributed by atoms with Crippen LogP contribution in [0.15, 0.2) is 24.3 Å². The fraction of sp³-hybridized carbons (Fsp3) is 0.308. The summed E-state index contributed by atoms with van der Waals surface area (Å²) < 4.78 is 0. The molecule has 0 aliphatic heterocycles. The molecule has 0 spiro atoms. The fourth-order valence-electron chi connectivity index (χ4n) is 1.65. The van der Waals surface area contributed by atoms with Crippen LogP contribution < -0.4 is 11.1 Å². The van der Waals surface area contributed by atoms with Crippen molar-refractivity contribution < 1.29 is 14.5 Å². The van der Waals surface area contributed by atoms with Gasteiger partial charge in [0.25, 0.3) is 11.6 Å². The van der Waals surface area contributed by atoms with Crippen molar-refractivity contribution in [1.29, 1.82) is 5.26 Å². The molecular weight excluding hydrogens is 276 g/mol. The van der Waals surface area contributed by atoms with E-state index in [2.05, 4.69) is 5.32 Å². The van der Waals surface area contributed by atoms with Gasteiger partial charge in [-0.15, -0.1) is 0 Å². The van der Waals surface area contributed by atoms with Gasteiger partial charge in [-0.25, -0.2) is 0 Å². The van der Waals surface area contributed by atoms with E-state index in [1.54, 1.807) is 6.92 Å². The highest BCUT2D eigenvalue weighted by molar-refractivity contribution is 5.97. The first kappa shape index (κ1) is 16.1. The zero-order valence-corrected chi connectivity index (χ0v) is 11.3. The minimum absolute atomic E-state index is 0.0417. The van der Waals surface area contributed by atoms with Crippen LogP contribution in [-0.2, 0) is 4.79 Å². The Morgan fingerprint density at radius 3 is 2.71 bits per heavy atom. The van der Waals surface area contributed by atoms with E-state index in [0.717, 1.165) is 6.07 Å². The molecule has 0 unspecified atom stereocenters. The van der Waals surface area contributed by atoms with Gasteiger partial charge >= 0.3 is 0 Å². The Morgan fingerprint density at radius 1 is 1.52 bits per heavy atom. The molecule has 3 N–H and O–H groups in total. The molecule has 0 aliphatic rings. The van der Waals surface area contributed by atoms with Gasteiger partial charge in [-0.05, 0) is 19.4 Å². The third-order valence-corrected chi connectivity index (χ3v) is 2.78. The lowest BCUT2D eigenvalue weighted by molar-refractivity contribution is -0.384. The number of hydrogen-bond acceptors (Lipinski definition) is 5. The molecule has 1 aromatic rings. The average Bonchev–Trinajstić information content (AvgIpc) is 2.46. The number of rotatable bonds is 6. The Morgan fingerprint density at radius 2 is 2.19 bits per heavy atom. The highest BCUT2D eigenvalue weighted by atomic mass is 16.6. The van der Waals surface area contributed by atoms with Crippen LogP contribution in [0, 0.1) is 27.4 Å². The van der Waals surface area contributed by atoms with Crippen molar-refractivity contribution in [3.63, 3.8) is 0 Å². The summed E-state index contributed by atoms with van der Waals surface area (Å²) in [4.78, 5) is 33.3. The van der Waals surface area contributed by atoms with Crippen LogP contribution in [0.25, 0.3) is 0 Å². The summed E-state index contributed by atoms with van der Waals surface area (Å²) in [5, 5.41) is 21.8. The molecule has 21 heavy (non-hydrogen) atoms. The maximum absolute atomic E-state index is 12.0. The van der Waals surface area contributed by atoms with Crippen LogP contribution in [0.1, 0.15) is 23.7 Å². The number of hydrogen-bond donors (Lipinski definition) is 2. The van der Waals surface area contributed by atoms with E-state index >= 15 is 0 Å². The van der Waals surface area contributed by atoms with Gasteiger partial charge in [0.05, 0.1) is 11.0 Å². The first-order valence-corrected chi connectivity index (χ1v) is 6.09. The summed E-state index contributed by atoms with van der Waals surface area (Å²) >= 11 is 0. The Balaban J connectivity index is 2.87. The molecular formula is C13H14N4O4. The van der Waals surface area contributed by atoms with Crippen molar-refractivity contribution in [3.05, 3.63) is 39.9 Å². The van der Waals surface area contributed by atoms with Crippen LogP contribution >= 0.6 is 0 Å². The number of benzene rings is 1. The minimum atomic E-state index is -1.01. The minimum Gasteiger partial charge on any atom is -0.368 e. The highest BCUT2D eigenvalue weighted by Crippen LogP contribution is 2.13. The van der Waals surface area contributed by atoms with Gasteiger partial charge < -0.3 is 11.1 Å². The quantitative estimate of drug-likeness (QED) is 0.587. The first-order valence-electron chi connectivity index (χ1n) is 6.09. The van der Waals surface area contributed by atoms with Crippen LogP contribution in [0.4, 0.5) is 5.69 Å². The van der Waals surface area contributed by atoms with Crippen molar-refractivity contribution in [3.8, 4) is 6.07 Å². The van der Waals surface area contributed by atoms with Crippen molar-refractivity contribution in [2.24, 2.45) is 11.7 Å². The highest BCUT2D eigenvalue weighted by Gasteiger charge is 2.22. The SMILES string of the molecule is C[C@@H](C#N)C[C@H](NC(=O)c1cccc([N+](=O)[O-])c1)C(N)=O. The van der Waals surface area contributed by atoms with Gasteiger partial charge in [0.15, 0.2) is 0 Å². The predicted molar refractivity (Wildman–Crippen MR) is 72.9 cm³/mol. The molecule has 1 aromatic carbocycles. The molecule has 2 amide bonds. The summed E-state index contributed by atoms with van der Waals surface area (Å²) in [5.41, 5.74) is 4.98. The number of amides is 2. The molecule has 0 bridgehead atoms. The van der Waals surface area contributed by atoms with E-state index in [9.17, 15) is 19.7 Å². The van der Waals surface area contributed by atoms with Gasteiger partial charge in [0, 0.05) is 23.6 Å². The van der Waals surface area contributed by atoms with Crippen LogP contribution in [0.3, 0.4) is 0 Å². The van der Waals surface area contributed by atoms with Gasteiger partial charge in [0.1, 0.15) is 6.04 Å². The smallest absolute Gasteiger partial charge is 0.270 e. The molecule has 0 radical (unpaired) electrons. The maximum atomic E-state index is 12.0. The molecule has 0 aliphatic carbocycles. The van der Waals surface area contributed by atoms with Crippen molar-refractivity contribution in [2.45, 2.75) is 19.4 Å². The zero-order valence-electron chi connectivity index (χ0n) is 11.3. The molecule has 8 heteroatoms. The van der Waals surface area contributed by atoms with Gasteiger partial charge in [-0.2, -0.15) is 5.26 Å². The number of nitrogens with zero attached hydrogens (tertiary/aromatic N) is 2. The number of nitro groups is 1. The summed E-state index contributed by atoms with van der Waals surface area (Å²) in [6.07, 6.45) is 0.0759. The second kappa shape index (κ2) is 7.00. The molecule has 0 heterocycles. The summed E-state index contributed by atoms with van der Waals surface area (Å²) in [6, 6.07) is 6.03. The lowest BCUT2D eigenvalue weighted by Crippen LogP contribution is -2.45. The molecule has 0 saturated carbocycles. The Labute approximate surface area is 120 Å². The number of nitriles is 1. The van der Waals surface area contributed by atoms with E-state index < -0.39 is 28.7 Å². The second-order valence-corrected chi connectivity index (χ2v) is 4.50. The lowest BCUT2D eigenvalue weighted by atomic mass is 10.0. The molecule has 8 nitrogen and oxygen atoms in total. The van der Waals surface area contributed by atoms with Crippen LogP contribution in [0.2, 0.25) is 0 Å². The largest absolute Gasteiger partial charge is 0.368 e. The number of nitrogens with one attached hydrogen (secondary N) is 1. The number of nitro benzene ring substituents is 1. The predicted octanol–water partition coefficient (Wildman–Crippen LogP) is 0.728. The van der Waals surface area contributed by atoms with E-state index in [-0.39, 0.29) is 17.7 Å². The zero-order chi connectivity index (χ0) is 16.0. The van der Waals surface area contributed by atoms with Crippen LogP contribution in [-0.4, -0.2) is 22.8 Å². The molecule has 0 saturated heterocycles. The normalized spacial score (nSPS) is 12.8. The van der Waals surface area contributed by atoms with Crippen molar-refractivity contribution in [2.75, 3.05) is 0 Å².